The normalized spacial score (nSPS) is 22.9. The third kappa shape index (κ3) is 3.14. The summed E-state index contributed by atoms with van der Waals surface area (Å²) < 4.78 is 5.55. The van der Waals surface area contributed by atoms with Crippen molar-refractivity contribution >= 4 is 29.4 Å². The van der Waals surface area contributed by atoms with Crippen LogP contribution in [0, 0.1) is 0 Å². The molecule has 2 aliphatic rings. The van der Waals surface area contributed by atoms with Crippen LogP contribution < -0.4 is 20.7 Å². The summed E-state index contributed by atoms with van der Waals surface area (Å²) in [6.45, 7) is 1.01. The second kappa shape index (κ2) is 7.18. The second-order valence-corrected chi connectivity index (χ2v) is 7.29. The van der Waals surface area contributed by atoms with Crippen molar-refractivity contribution in [3.8, 4) is 5.75 Å². The Morgan fingerprint density at radius 3 is 2.50 bits per heavy atom. The molecule has 2 aromatic rings. The summed E-state index contributed by atoms with van der Waals surface area (Å²) in [6.07, 6.45) is -1.03. The summed E-state index contributed by atoms with van der Waals surface area (Å²) in [7, 11) is 0. The number of anilines is 1. The summed E-state index contributed by atoms with van der Waals surface area (Å²) in [4.78, 5) is 52.5. The number of para-hydroxylation sites is 2. The van der Waals surface area contributed by atoms with Crippen LogP contribution in [-0.4, -0.2) is 47.8 Å². The van der Waals surface area contributed by atoms with Gasteiger partial charge in [0.15, 0.2) is 6.10 Å². The molecule has 4 rings (SSSR count). The first-order valence-electron chi connectivity index (χ1n) is 9.36. The molecule has 2 aromatic carbocycles. The van der Waals surface area contributed by atoms with E-state index >= 15 is 0 Å². The zero-order valence-electron chi connectivity index (χ0n) is 16.2. The number of urea groups is 1. The molecule has 0 radical (unpaired) electrons. The number of nitrogens with zero attached hydrogens (tertiary/aromatic N) is 2. The van der Waals surface area contributed by atoms with Crippen molar-refractivity contribution in [2.24, 2.45) is 5.73 Å². The van der Waals surface area contributed by atoms with Crippen LogP contribution in [0.25, 0.3) is 0 Å². The Morgan fingerprint density at radius 2 is 1.80 bits per heavy atom. The van der Waals surface area contributed by atoms with Crippen molar-refractivity contribution in [1.82, 2.24) is 10.2 Å². The Hall–Kier alpha value is -3.88. The largest absolute Gasteiger partial charge is 0.477 e. The number of primary amides is 1. The average Bonchev–Trinajstić information content (AvgIpc) is 2.97. The molecule has 2 heterocycles. The smallest absolute Gasteiger partial charge is 0.325 e. The quantitative estimate of drug-likeness (QED) is 0.723. The molecular weight excluding hydrogens is 388 g/mol. The molecule has 0 aromatic heterocycles. The Morgan fingerprint density at radius 1 is 1.13 bits per heavy atom. The number of hydrogen-bond donors (Lipinski definition) is 2. The molecule has 0 unspecified atom stereocenters. The minimum absolute atomic E-state index is 0.106. The van der Waals surface area contributed by atoms with Crippen LogP contribution in [0.3, 0.4) is 0 Å². The molecular formula is C21H20N4O5. The van der Waals surface area contributed by atoms with E-state index in [1.807, 2.05) is 0 Å². The monoisotopic (exact) mass is 408 g/mol. The van der Waals surface area contributed by atoms with Gasteiger partial charge in [-0.05, 0) is 24.6 Å². The molecule has 0 aliphatic carbocycles. The van der Waals surface area contributed by atoms with Crippen LogP contribution in [0.1, 0.15) is 12.5 Å². The molecule has 30 heavy (non-hydrogen) atoms. The van der Waals surface area contributed by atoms with Crippen LogP contribution >= 0.6 is 0 Å². The van der Waals surface area contributed by atoms with Crippen LogP contribution in [0.15, 0.2) is 54.6 Å². The number of nitrogens with two attached hydrogens (primary N) is 1. The maximum Gasteiger partial charge on any atom is 0.325 e. The zero-order chi connectivity index (χ0) is 21.5. The van der Waals surface area contributed by atoms with E-state index in [1.54, 1.807) is 61.5 Å². The lowest BCUT2D eigenvalue weighted by Gasteiger charge is -2.34. The van der Waals surface area contributed by atoms with Crippen molar-refractivity contribution in [1.29, 1.82) is 0 Å². The minimum Gasteiger partial charge on any atom is -0.477 e. The molecule has 9 heteroatoms. The van der Waals surface area contributed by atoms with E-state index in [-0.39, 0.29) is 6.54 Å². The van der Waals surface area contributed by atoms with Crippen molar-refractivity contribution in [2.75, 3.05) is 18.0 Å². The number of amides is 5. The number of benzene rings is 2. The average molecular weight is 408 g/mol. The SMILES string of the molecule is C[C@@]1(c2ccccc2)NC(=O)N(CC(=O)N2C[C@H](C(N)=O)Oc3ccccc32)C1=O. The second-order valence-electron chi connectivity index (χ2n) is 7.29. The maximum absolute atomic E-state index is 13.1. The molecule has 3 N–H and O–H groups in total. The van der Waals surface area contributed by atoms with Crippen molar-refractivity contribution in [3.63, 3.8) is 0 Å². The van der Waals surface area contributed by atoms with E-state index in [1.165, 1.54) is 4.90 Å². The molecule has 0 spiro atoms. The first-order chi connectivity index (χ1) is 14.3. The summed E-state index contributed by atoms with van der Waals surface area (Å²) in [5, 5.41) is 2.67. The lowest BCUT2D eigenvalue weighted by atomic mass is 9.92. The predicted octanol–water partition coefficient (Wildman–Crippen LogP) is 0.733. The zero-order valence-corrected chi connectivity index (χ0v) is 16.2. The van der Waals surface area contributed by atoms with E-state index in [9.17, 15) is 19.2 Å². The fourth-order valence-electron chi connectivity index (χ4n) is 3.65. The third-order valence-corrected chi connectivity index (χ3v) is 5.31. The number of imide groups is 1. The van der Waals surface area contributed by atoms with Gasteiger partial charge in [-0.15, -0.1) is 0 Å². The van der Waals surface area contributed by atoms with E-state index in [4.69, 9.17) is 10.5 Å². The van der Waals surface area contributed by atoms with Crippen molar-refractivity contribution in [2.45, 2.75) is 18.6 Å². The van der Waals surface area contributed by atoms with Gasteiger partial charge in [-0.25, -0.2) is 4.79 Å². The highest BCUT2D eigenvalue weighted by molar-refractivity contribution is 6.11. The van der Waals surface area contributed by atoms with Gasteiger partial charge in [0.05, 0.1) is 12.2 Å². The van der Waals surface area contributed by atoms with Gasteiger partial charge in [0.2, 0.25) is 5.91 Å². The molecule has 0 saturated carbocycles. The number of rotatable bonds is 4. The molecule has 2 atom stereocenters. The summed E-state index contributed by atoms with van der Waals surface area (Å²) in [5.74, 6) is -1.45. The highest BCUT2D eigenvalue weighted by Gasteiger charge is 2.50. The van der Waals surface area contributed by atoms with Gasteiger partial charge in [0, 0.05) is 0 Å². The summed E-state index contributed by atoms with van der Waals surface area (Å²) in [5.41, 5.74) is 5.15. The standard InChI is InChI=1S/C21H20N4O5/c1-21(13-7-3-2-4-8-13)19(28)25(20(29)23-21)12-17(26)24-11-16(18(22)27)30-15-10-6-5-9-14(15)24/h2-10,16H,11-12H2,1H3,(H2,22,27)(H,23,29)/t16-,21+/m1/s1. The van der Waals surface area contributed by atoms with Gasteiger partial charge in [0.1, 0.15) is 17.8 Å². The van der Waals surface area contributed by atoms with Gasteiger partial charge >= 0.3 is 6.03 Å². The molecule has 9 nitrogen and oxygen atoms in total. The van der Waals surface area contributed by atoms with Gasteiger partial charge < -0.3 is 20.7 Å². The Bertz CT molecular complexity index is 1040. The topological polar surface area (TPSA) is 122 Å². The first-order valence-corrected chi connectivity index (χ1v) is 9.36. The van der Waals surface area contributed by atoms with E-state index in [2.05, 4.69) is 5.32 Å². The van der Waals surface area contributed by atoms with Crippen LogP contribution in [0.5, 0.6) is 5.75 Å². The molecule has 1 saturated heterocycles. The number of ether oxygens (including phenoxy) is 1. The maximum atomic E-state index is 13.1. The van der Waals surface area contributed by atoms with Crippen LogP contribution in [-0.2, 0) is 19.9 Å². The van der Waals surface area contributed by atoms with Crippen LogP contribution in [0.4, 0.5) is 10.5 Å². The number of hydrogen-bond acceptors (Lipinski definition) is 5. The third-order valence-electron chi connectivity index (χ3n) is 5.31. The molecule has 5 amide bonds. The highest BCUT2D eigenvalue weighted by Crippen LogP contribution is 2.34. The van der Waals surface area contributed by atoms with Crippen molar-refractivity contribution < 1.29 is 23.9 Å². The lowest BCUT2D eigenvalue weighted by Crippen LogP contribution is -2.52. The molecule has 1 fully saturated rings. The van der Waals surface area contributed by atoms with Gasteiger partial charge in [-0.1, -0.05) is 42.5 Å². The van der Waals surface area contributed by atoms with Gasteiger partial charge in [0.25, 0.3) is 11.8 Å². The molecule has 0 bridgehead atoms. The number of carbonyl (C=O) groups excluding carboxylic acids is 4. The van der Waals surface area contributed by atoms with E-state index in [0.717, 1.165) is 4.90 Å². The Labute approximate surface area is 172 Å². The van der Waals surface area contributed by atoms with Crippen molar-refractivity contribution in [3.05, 3.63) is 60.2 Å². The number of nitrogens with one attached hydrogen (secondary N) is 1. The summed E-state index contributed by atoms with van der Waals surface area (Å²) >= 11 is 0. The fraction of sp³-hybridized carbons (Fsp3) is 0.238. The van der Waals surface area contributed by atoms with Gasteiger partial charge in [-0.2, -0.15) is 0 Å². The fourth-order valence-corrected chi connectivity index (χ4v) is 3.65. The number of fused-ring (bicyclic) bond motifs is 1. The van der Waals surface area contributed by atoms with Gasteiger partial charge in [-0.3, -0.25) is 19.3 Å². The highest BCUT2D eigenvalue weighted by atomic mass is 16.5. The minimum atomic E-state index is -1.27. The Balaban J connectivity index is 1.59. The molecule has 2 aliphatic heterocycles. The number of carbonyl (C=O) groups is 4. The van der Waals surface area contributed by atoms with Crippen LogP contribution in [0.2, 0.25) is 0 Å². The van der Waals surface area contributed by atoms with E-state index in [0.29, 0.717) is 17.0 Å². The molecule has 154 valence electrons. The summed E-state index contributed by atoms with van der Waals surface area (Å²) in [6, 6.07) is 14.8. The Kier molecular flexibility index (Phi) is 4.65. The lowest BCUT2D eigenvalue weighted by molar-refractivity contribution is -0.134. The predicted molar refractivity (Wildman–Crippen MR) is 106 cm³/mol. The van der Waals surface area contributed by atoms with E-state index < -0.39 is 41.9 Å². The first kappa shape index (κ1) is 19.4.